The average molecular weight is 495 g/mol. The number of anilines is 2. The number of aliphatic hydroxyl groups is 1. The summed E-state index contributed by atoms with van der Waals surface area (Å²) in [5.74, 6) is -1.000. The molecule has 3 heterocycles. The number of fused-ring (bicyclic) bond motifs is 1. The van der Waals surface area contributed by atoms with Crippen molar-refractivity contribution in [3.63, 3.8) is 0 Å². The van der Waals surface area contributed by atoms with Crippen LogP contribution in [0.15, 0.2) is 30.5 Å². The highest BCUT2D eigenvalue weighted by Crippen LogP contribution is 2.36. The van der Waals surface area contributed by atoms with Crippen molar-refractivity contribution in [2.75, 3.05) is 29.5 Å². The zero-order chi connectivity index (χ0) is 25.2. The number of nitrogens with zero attached hydrogens (tertiary/aromatic N) is 4. The van der Waals surface area contributed by atoms with Crippen molar-refractivity contribution in [2.45, 2.75) is 44.6 Å². The van der Waals surface area contributed by atoms with Gasteiger partial charge in [-0.25, -0.2) is 19.6 Å². The zero-order valence-electron chi connectivity index (χ0n) is 18.8. The molecule has 1 fully saturated rings. The number of alkyl halides is 3. The molecule has 2 amide bonds. The van der Waals surface area contributed by atoms with Crippen LogP contribution in [0.4, 0.5) is 34.4 Å². The van der Waals surface area contributed by atoms with Gasteiger partial charge in [0.15, 0.2) is 11.4 Å². The highest BCUT2D eigenvalue weighted by Gasteiger charge is 2.39. The van der Waals surface area contributed by atoms with Gasteiger partial charge in [-0.3, -0.25) is 4.90 Å². The smallest absolute Gasteiger partial charge is 0.437 e. The first kappa shape index (κ1) is 24.5. The van der Waals surface area contributed by atoms with Crippen LogP contribution in [0.3, 0.4) is 0 Å². The van der Waals surface area contributed by atoms with E-state index in [1.54, 1.807) is 9.80 Å². The maximum absolute atomic E-state index is 13.6. The van der Waals surface area contributed by atoms with Crippen LogP contribution in [0, 0.1) is 0 Å². The molecule has 35 heavy (non-hydrogen) atoms. The number of ether oxygens (including phenoxy) is 2. The molecule has 2 aliphatic heterocycles. The SMILES string of the molecule is CC(CO)NC(=O)Oc1cnc(N2CCC(N3C(=O)OCc4ccccc43)CC2)nc1C(F)(F)F. The number of carbonyl (C=O) groups is 2. The van der Waals surface area contributed by atoms with Crippen LogP contribution in [0.25, 0.3) is 0 Å². The van der Waals surface area contributed by atoms with Crippen LogP contribution in [0.1, 0.15) is 31.0 Å². The lowest BCUT2D eigenvalue weighted by atomic mass is 10.0. The van der Waals surface area contributed by atoms with Crippen molar-refractivity contribution in [3.8, 4) is 5.75 Å². The summed E-state index contributed by atoms with van der Waals surface area (Å²) >= 11 is 0. The average Bonchev–Trinajstić information content (AvgIpc) is 2.83. The normalized spacial score (nSPS) is 17.5. The Hall–Kier alpha value is -3.61. The number of piperidine rings is 1. The summed E-state index contributed by atoms with van der Waals surface area (Å²) < 4.78 is 51.0. The quantitative estimate of drug-likeness (QED) is 0.650. The van der Waals surface area contributed by atoms with Gasteiger partial charge < -0.3 is 24.8 Å². The van der Waals surface area contributed by atoms with Gasteiger partial charge in [-0.1, -0.05) is 18.2 Å². The van der Waals surface area contributed by atoms with E-state index in [2.05, 4.69) is 15.3 Å². The molecular formula is C22H24F3N5O5. The molecule has 4 rings (SSSR count). The van der Waals surface area contributed by atoms with E-state index in [0.717, 1.165) is 17.4 Å². The predicted molar refractivity (Wildman–Crippen MR) is 117 cm³/mol. The summed E-state index contributed by atoms with van der Waals surface area (Å²) in [7, 11) is 0. The molecule has 0 saturated carbocycles. The molecule has 1 saturated heterocycles. The van der Waals surface area contributed by atoms with E-state index in [1.807, 2.05) is 24.3 Å². The van der Waals surface area contributed by atoms with Gasteiger partial charge in [0, 0.05) is 24.7 Å². The Morgan fingerprint density at radius 1 is 1.31 bits per heavy atom. The standard InChI is InChI=1S/C22H24F3N5O5/c1-13(11-31)27-20(32)35-17-10-26-19(28-18(17)22(23,24)25)29-8-6-15(7-9-29)30-16-5-3-2-4-14(16)12-34-21(30)33/h2-5,10,13,15,31H,6-9,11-12H2,1H3,(H,27,32). The monoisotopic (exact) mass is 495 g/mol. The molecule has 0 radical (unpaired) electrons. The van der Waals surface area contributed by atoms with Gasteiger partial charge in [0.2, 0.25) is 5.95 Å². The summed E-state index contributed by atoms with van der Waals surface area (Å²) in [6.45, 7) is 1.86. The van der Waals surface area contributed by atoms with Crippen LogP contribution in [-0.4, -0.2) is 59.0 Å². The first-order chi connectivity index (χ1) is 16.7. The van der Waals surface area contributed by atoms with Crippen molar-refractivity contribution in [1.82, 2.24) is 15.3 Å². The summed E-state index contributed by atoms with van der Waals surface area (Å²) in [6, 6.07) is 6.52. The number of aromatic nitrogens is 2. The van der Waals surface area contributed by atoms with E-state index in [4.69, 9.17) is 14.6 Å². The summed E-state index contributed by atoms with van der Waals surface area (Å²) in [5, 5.41) is 11.2. The zero-order valence-corrected chi connectivity index (χ0v) is 18.8. The molecule has 1 aromatic heterocycles. The predicted octanol–water partition coefficient (Wildman–Crippen LogP) is 3.09. The van der Waals surface area contributed by atoms with Crippen molar-refractivity contribution < 1.29 is 37.3 Å². The van der Waals surface area contributed by atoms with Crippen molar-refractivity contribution in [1.29, 1.82) is 0 Å². The van der Waals surface area contributed by atoms with E-state index in [-0.39, 0.29) is 18.6 Å². The lowest BCUT2D eigenvalue weighted by Gasteiger charge is -2.40. The number of rotatable bonds is 5. The molecule has 188 valence electrons. The van der Waals surface area contributed by atoms with Crippen LogP contribution in [-0.2, 0) is 17.5 Å². The first-order valence-electron chi connectivity index (χ1n) is 11.0. The summed E-state index contributed by atoms with van der Waals surface area (Å²) in [6.07, 6.45) is -4.77. The third-order valence-electron chi connectivity index (χ3n) is 5.76. The molecule has 1 atom stereocenters. The van der Waals surface area contributed by atoms with Gasteiger partial charge in [0.25, 0.3) is 0 Å². The van der Waals surface area contributed by atoms with E-state index in [9.17, 15) is 22.8 Å². The number of para-hydroxylation sites is 1. The van der Waals surface area contributed by atoms with Crippen LogP contribution in [0.5, 0.6) is 5.75 Å². The van der Waals surface area contributed by atoms with Crippen LogP contribution >= 0.6 is 0 Å². The minimum atomic E-state index is -4.89. The highest BCUT2D eigenvalue weighted by molar-refractivity contribution is 5.91. The van der Waals surface area contributed by atoms with Crippen molar-refractivity contribution in [2.24, 2.45) is 0 Å². The molecule has 2 aromatic rings. The van der Waals surface area contributed by atoms with Crippen LogP contribution < -0.4 is 19.9 Å². The topological polar surface area (TPSA) is 117 Å². The van der Waals surface area contributed by atoms with E-state index < -0.39 is 42.5 Å². The van der Waals surface area contributed by atoms with Crippen molar-refractivity contribution in [3.05, 3.63) is 41.7 Å². The van der Waals surface area contributed by atoms with E-state index >= 15 is 0 Å². The van der Waals surface area contributed by atoms with Crippen LogP contribution in [0.2, 0.25) is 0 Å². The molecule has 10 nitrogen and oxygen atoms in total. The van der Waals surface area contributed by atoms with Gasteiger partial charge >= 0.3 is 18.4 Å². The Morgan fingerprint density at radius 2 is 2.03 bits per heavy atom. The van der Waals surface area contributed by atoms with Gasteiger partial charge in [-0.2, -0.15) is 13.2 Å². The summed E-state index contributed by atoms with van der Waals surface area (Å²) in [5.41, 5.74) is 0.277. The fraction of sp³-hybridized carbons (Fsp3) is 0.455. The fourth-order valence-corrected chi connectivity index (χ4v) is 4.01. The third-order valence-corrected chi connectivity index (χ3v) is 5.76. The number of hydrogen-bond acceptors (Lipinski definition) is 8. The molecule has 1 unspecified atom stereocenters. The Balaban J connectivity index is 1.48. The largest absolute Gasteiger partial charge is 0.444 e. The van der Waals surface area contributed by atoms with Gasteiger partial charge in [0.05, 0.1) is 24.5 Å². The molecular weight excluding hydrogens is 471 g/mol. The second kappa shape index (κ2) is 9.94. The number of aliphatic hydroxyl groups excluding tert-OH is 1. The number of benzene rings is 1. The maximum atomic E-state index is 13.6. The Morgan fingerprint density at radius 3 is 2.71 bits per heavy atom. The second-order valence-electron chi connectivity index (χ2n) is 8.27. The lowest BCUT2D eigenvalue weighted by Crippen LogP contribution is -2.49. The number of nitrogens with one attached hydrogen (secondary N) is 1. The molecule has 13 heteroatoms. The maximum Gasteiger partial charge on any atom is 0.437 e. The molecule has 0 bridgehead atoms. The summed E-state index contributed by atoms with van der Waals surface area (Å²) in [4.78, 5) is 35.1. The minimum Gasteiger partial charge on any atom is -0.444 e. The van der Waals surface area contributed by atoms with Gasteiger partial charge in [0.1, 0.15) is 6.61 Å². The number of hydrogen-bond donors (Lipinski definition) is 2. The minimum absolute atomic E-state index is 0.158. The third kappa shape index (κ3) is 5.39. The van der Waals surface area contributed by atoms with Gasteiger partial charge in [-0.15, -0.1) is 0 Å². The Labute approximate surface area is 198 Å². The highest BCUT2D eigenvalue weighted by atomic mass is 19.4. The molecule has 0 aliphatic carbocycles. The first-order valence-corrected chi connectivity index (χ1v) is 11.0. The Kier molecular flexibility index (Phi) is 6.96. The van der Waals surface area contributed by atoms with E-state index in [1.165, 1.54) is 6.92 Å². The molecule has 1 aromatic carbocycles. The molecule has 2 N–H and O–H groups in total. The lowest BCUT2D eigenvalue weighted by molar-refractivity contribution is -0.142. The number of halogens is 3. The van der Waals surface area contributed by atoms with E-state index in [0.29, 0.717) is 25.9 Å². The Bertz CT molecular complexity index is 1090. The fourth-order valence-electron chi connectivity index (χ4n) is 4.01. The van der Waals surface area contributed by atoms with Gasteiger partial charge in [-0.05, 0) is 25.8 Å². The molecule has 2 aliphatic rings. The number of cyclic esters (lactones) is 1. The number of carbonyl (C=O) groups excluding carboxylic acids is 2. The second-order valence-corrected chi connectivity index (χ2v) is 8.27. The number of amides is 2. The molecule has 0 spiro atoms. The van der Waals surface area contributed by atoms with Crippen molar-refractivity contribution >= 4 is 23.8 Å².